The zero-order valence-electron chi connectivity index (χ0n) is 13.7. The predicted octanol–water partition coefficient (Wildman–Crippen LogP) is 4.19. The van der Waals surface area contributed by atoms with Crippen LogP contribution >= 0.6 is 11.6 Å². The van der Waals surface area contributed by atoms with E-state index in [-0.39, 0.29) is 0 Å². The number of rotatable bonds is 2. The second-order valence-electron chi connectivity index (χ2n) is 6.23. The van der Waals surface area contributed by atoms with Crippen molar-refractivity contribution in [3.8, 4) is 16.9 Å². The lowest BCUT2D eigenvalue weighted by Gasteiger charge is -2.16. The molecule has 0 unspecified atom stereocenters. The van der Waals surface area contributed by atoms with Gasteiger partial charge in [0.2, 0.25) is 0 Å². The van der Waals surface area contributed by atoms with Gasteiger partial charge in [-0.1, -0.05) is 48.0 Å². The molecule has 1 aliphatic rings. The van der Waals surface area contributed by atoms with Gasteiger partial charge in [0.25, 0.3) is 0 Å². The highest BCUT2D eigenvalue weighted by Crippen LogP contribution is 2.33. The van der Waals surface area contributed by atoms with Crippen molar-refractivity contribution in [1.82, 2.24) is 15.1 Å². The summed E-state index contributed by atoms with van der Waals surface area (Å²) in [5.41, 5.74) is 6.94. The van der Waals surface area contributed by atoms with Gasteiger partial charge in [0.15, 0.2) is 0 Å². The molecule has 0 bridgehead atoms. The Morgan fingerprint density at radius 3 is 2.67 bits per heavy atom. The molecule has 1 aliphatic heterocycles. The number of aromatic nitrogens is 2. The number of aryl methyl sites for hydroxylation is 1. The molecule has 0 spiro atoms. The average molecular weight is 338 g/mol. The van der Waals surface area contributed by atoms with Crippen LogP contribution in [0.15, 0.2) is 48.5 Å². The lowest BCUT2D eigenvalue weighted by molar-refractivity contribution is 0.709. The van der Waals surface area contributed by atoms with Gasteiger partial charge in [-0.25, -0.2) is 4.68 Å². The highest BCUT2D eigenvalue weighted by Gasteiger charge is 2.19. The van der Waals surface area contributed by atoms with Crippen LogP contribution in [0.5, 0.6) is 0 Å². The van der Waals surface area contributed by atoms with Crippen LogP contribution in [-0.2, 0) is 12.8 Å². The van der Waals surface area contributed by atoms with E-state index in [1.807, 2.05) is 23.7 Å². The third kappa shape index (κ3) is 2.74. The quantitative estimate of drug-likeness (QED) is 0.760. The van der Waals surface area contributed by atoms with E-state index in [0.717, 1.165) is 53.6 Å². The van der Waals surface area contributed by atoms with Gasteiger partial charge in [-0.15, -0.1) is 0 Å². The highest BCUT2D eigenvalue weighted by atomic mass is 35.5. The second kappa shape index (κ2) is 6.42. The molecule has 1 N–H and O–H groups in total. The fraction of sp³-hybridized carbons (Fsp3) is 0.250. The minimum atomic E-state index is 0.760. The topological polar surface area (TPSA) is 29.9 Å². The average Bonchev–Trinajstić information content (AvgIpc) is 2.82. The van der Waals surface area contributed by atoms with Crippen LogP contribution in [-0.4, -0.2) is 22.9 Å². The summed E-state index contributed by atoms with van der Waals surface area (Å²) in [5, 5.41) is 9.00. The molecule has 2 aromatic carbocycles. The van der Waals surface area contributed by atoms with Gasteiger partial charge in [0.1, 0.15) is 0 Å². The molecule has 0 atom stereocenters. The molecule has 3 aromatic rings. The zero-order chi connectivity index (χ0) is 16.5. The number of nitrogens with one attached hydrogen (secondary N) is 1. The van der Waals surface area contributed by atoms with E-state index < -0.39 is 0 Å². The minimum absolute atomic E-state index is 0.760. The molecule has 4 rings (SSSR count). The van der Waals surface area contributed by atoms with Crippen molar-refractivity contribution in [2.45, 2.75) is 19.8 Å². The van der Waals surface area contributed by atoms with E-state index in [1.54, 1.807) is 0 Å². The first-order valence-corrected chi connectivity index (χ1v) is 8.75. The summed E-state index contributed by atoms with van der Waals surface area (Å²) in [6.45, 7) is 4.01. The third-order valence-corrected chi connectivity index (χ3v) is 4.87. The number of benzene rings is 2. The Morgan fingerprint density at radius 2 is 1.83 bits per heavy atom. The largest absolute Gasteiger partial charge is 0.316 e. The third-order valence-electron chi connectivity index (χ3n) is 4.57. The van der Waals surface area contributed by atoms with Gasteiger partial charge < -0.3 is 5.32 Å². The molecule has 0 aliphatic carbocycles. The molecule has 0 saturated heterocycles. The van der Waals surface area contributed by atoms with Crippen molar-refractivity contribution in [2.24, 2.45) is 0 Å². The van der Waals surface area contributed by atoms with Crippen molar-refractivity contribution in [1.29, 1.82) is 0 Å². The fourth-order valence-corrected chi connectivity index (χ4v) is 3.69. The highest BCUT2D eigenvalue weighted by molar-refractivity contribution is 6.32. The Hall–Kier alpha value is -2.10. The van der Waals surface area contributed by atoms with Gasteiger partial charge in [-0.3, -0.25) is 0 Å². The van der Waals surface area contributed by atoms with Crippen molar-refractivity contribution in [3.05, 3.63) is 70.4 Å². The molecule has 0 fully saturated rings. The molecule has 24 heavy (non-hydrogen) atoms. The summed E-state index contributed by atoms with van der Waals surface area (Å²) in [4.78, 5) is 0. The van der Waals surface area contributed by atoms with Crippen LogP contribution in [0.1, 0.15) is 16.8 Å². The van der Waals surface area contributed by atoms with Gasteiger partial charge >= 0.3 is 0 Å². The second-order valence-corrected chi connectivity index (χ2v) is 6.64. The van der Waals surface area contributed by atoms with E-state index in [9.17, 15) is 0 Å². The molecule has 122 valence electrons. The summed E-state index contributed by atoms with van der Waals surface area (Å²) < 4.78 is 2.02. The molecule has 3 nitrogen and oxygen atoms in total. The van der Waals surface area contributed by atoms with Crippen molar-refractivity contribution in [3.63, 3.8) is 0 Å². The van der Waals surface area contributed by atoms with Gasteiger partial charge in [-0.2, -0.15) is 5.10 Å². The SMILES string of the molecule is Cc1cc(-c2ccccc2)n(-c2c(Cl)ccc3c2CCNCC3)n1. The number of halogens is 1. The van der Waals surface area contributed by atoms with Crippen molar-refractivity contribution < 1.29 is 0 Å². The first kappa shape index (κ1) is 15.4. The lowest BCUT2D eigenvalue weighted by atomic mass is 10.0. The van der Waals surface area contributed by atoms with Gasteiger partial charge in [0, 0.05) is 5.56 Å². The normalized spacial score (nSPS) is 14.2. The maximum atomic E-state index is 6.64. The molecule has 1 aromatic heterocycles. The summed E-state index contributed by atoms with van der Waals surface area (Å²) in [7, 11) is 0. The van der Waals surface area contributed by atoms with E-state index >= 15 is 0 Å². The fourth-order valence-electron chi connectivity index (χ4n) is 3.44. The number of hydrogen-bond donors (Lipinski definition) is 1. The Morgan fingerprint density at radius 1 is 1.04 bits per heavy atom. The van der Waals surface area contributed by atoms with E-state index in [4.69, 9.17) is 16.7 Å². The molecular formula is C20H20ClN3. The van der Waals surface area contributed by atoms with Crippen LogP contribution in [0.2, 0.25) is 5.02 Å². The summed E-state index contributed by atoms with van der Waals surface area (Å²) in [5.74, 6) is 0. The summed E-state index contributed by atoms with van der Waals surface area (Å²) in [6.07, 6.45) is 2.00. The van der Waals surface area contributed by atoms with E-state index in [1.165, 1.54) is 11.1 Å². The summed E-state index contributed by atoms with van der Waals surface area (Å²) in [6, 6.07) is 16.7. The molecule has 4 heteroatoms. The molecule has 0 amide bonds. The predicted molar refractivity (Wildman–Crippen MR) is 99.0 cm³/mol. The van der Waals surface area contributed by atoms with E-state index in [0.29, 0.717) is 0 Å². The first-order chi connectivity index (χ1) is 11.7. The molecule has 2 heterocycles. The molecular weight excluding hydrogens is 318 g/mol. The van der Waals surface area contributed by atoms with Crippen LogP contribution in [0.3, 0.4) is 0 Å². The van der Waals surface area contributed by atoms with Crippen molar-refractivity contribution >= 4 is 11.6 Å². The minimum Gasteiger partial charge on any atom is -0.316 e. The van der Waals surface area contributed by atoms with Gasteiger partial charge in [0.05, 0.1) is 22.1 Å². The Bertz CT molecular complexity index is 868. The van der Waals surface area contributed by atoms with Crippen LogP contribution in [0.4, 0.5) is 0 Å². The number of nitrogens with zero attached hydrogens (tertiary/aromatic N) is 2. The van der Waals surface area contributed by atoms with E-state index in [2.05, 4.69) is 41.7 Å². The monoisotopic (exact) mass is 337 g/mol. The standard InChI is InChI=1S/C20H20ClN3/c1-14-13-19(16-5-3-2-4-6-16)24(23-14)20-17-10-12-22-11-9-15(17)7-8-18(20)21/h2-8,13,22H,9-12H2,1H3. The van der Waals surface area contributed by atoms with Crippen LogP contribution in [0.25, 0.3) is 16.9 Å². The number of hydrogen-bond acceptors (Lipinski definition) is 2. The molecule has 0 saturated carbocycles. The van der Waals surface area contributed by atoms with Gasteiger partial charge in [-0.05, 0) is 56.1 Å². The van der Waals surface area contributed by atoms with Crippen LogP contribution < -0.4 is 5.32 Å². The number of fused-ring (bicyclic) bond motifs is 1. The zero-order valence-corrected chi connectivity index (χ0v) is 14.5. The maximum Gasteiger partial charge on any atom is 0.0874 e. The smallest absolute Gasteiger partial charge is 0.0874 e. The first-order valence-electron chi connectivity index (χ1n) is 8.37. The van der Waals surface area contributed by atoms with Crippen LogP contribution in [0, 0.1) is 6.92 Å². The maximum absolute atomic E-state index is 6.64. The lowest BCUT2D eigenvalue weighted by Crippen LogP contribution is -2.16. The Balaban J connectivity index is 1.95. The molecule has 0 radical (unpaired) electrons. The van der Waals surface area contributed by atoms with Crippen molar-refractivity contribution in [2.75, 3.05) is 13.1 Å². The Kier molecular flexibility index (Phi) is 4.13. The summed E-state index contributed by atoms with van der Waals surface area (Å²) >= 11 is 6.64. The Labute approximate surface area is 147 Å².